The van der Waals surface area contributed by atoms with Crippen molar-refractivity contribution in [2.24, 2.45) is 0 Å². The number of anilines is 2. The van der Waals surface area contributed by atoms with E-state index in [1.165, 1.54) is 36.4 Å². The van der Waals surface area contributed by atoms with Gasteiger partial charge in [-0.05, 0) is 48.9 Å². The monoisotopic (exact) mass is 478 g/mol. The van der Waals surface area contributed by atoms with Gasteiger partial charge in [0.2, 0.25) is 0 Å². The van der Waals surface area contributed by atoms with Crippen LogP contribution in [0.3, 0.4) is 0 Å². The van der Waals surface area contributed by atoms with E-state index in [9.17, 15) is 17.9 Å². The summed E-state index contributed by atoms with van der Waals surface area (Å²) >= 11 is 6.24. The van der Waals surface area contributed by atoms with Crippen LogP contribution in [0.15, 0.2) is 53.6 Å². The van der Waals surface area contributed by atoms with Crippen molar-refractivity contribution in [2.75, 3.05) is 23.3 Å². The molecule has 168 valence electrons. The van der Waals surface area contributed by atoms with Crippen molar-refractivity contribution in [3.63, 3.8) is 0 Å². The highest BCUT2D eigenvalue weighted by Gasteiger charge is 2.27. The molecule has 0 spiro atoms. The van der Waals surface area contributed by atoms with Gasteiger partial charge in [0.1, 0.15) is 17.5 Å². The third-order valence-electron chi connectivity index (χ3n) is 4.92. The first-order valence-electron chi connectivity index (χ1n) is 9.68. The highest BCUT2D eigenvalue weighted by Crippen LogP contribution is 2.31. The van der Waals surface area contributed by atoms with Crippen LogP contribution in [0.25, 0.3) is 11.3 Å². The van der Waals surface area contributed by atoms with E-state index < -0.39 is 21.9 Å². The van der Waals surface area contributed by atoms with Gasteiger partial charge < -0.3 is 15.2 Å². The van der Waals surface area contributed by atoms with Crippen molar-refractivity contribution in [2.45, 2.75) is 24.1 Å². The quantitative estimate of drug-likeness (QED) is 0.498. The molecular weight excluding hydrogens is 459 g/mol. The molecule has 0 bridgehead atoms. The number of aromatic nitrogens is 2. The predicted octanol–water partition coefficient (Wildman–Crippen LogP) is 3.22. The van der Waals surface area contributed by atoms with Crippen molar-refractivity contribution >= 4 is 33.3 Å². The number of aliphatic hydroxyl groups excluding tert-OH is 1. The molecule has 2 aromatic heterocycles. The van der Waals surface area contributed by atoms with Gasteiger partial charge in [-0.25, -0.2) is 14.4 Å². The molecule has 3 N–H and O–H groups in total. The van der Waals surface area contributed by atoms with Crippen LogP contribution in [-0.2, 0) is 14.8 Å². The fourth-order valence-electron chi connectivity index (χ4n) is 3.24. The van der Waals surface area contributed by atoms with Crippen molar-refractivity contribution < 1.29 is 22.7 Å². The second kappa shape index (κ2) is 8.99. The van der Waals surface area contributed by atoms with Crippen molar-refractivity contribution in [1.82, 2.24) is 9.97 Å². The summed E-state index contributed by atoms with van der Waals surface area (Å²) in [6.07, 6.45) is -0.710. The Bertz CT molecular complexity index is 1260. The summed E-state index contributed by atoms with van der Waals surface area (Å²) in [6, 6.07) is 11.2. The van der Waals surface area contributed by atoms with E-state index in [1.807, 2.05) is 0 Å². The minimum atomic E-state index is -4.09. The maximum atomic E-state index is 13.7. The minimum Gasteiger partial charge on any atom is -0.388 e. The highest BCUT2D eigenvalue weighted by atomic mass is 35.5. The van der Waals surface area contributed by atoms with Gasteiger partial charge in [0.15, 0.2) is 5.03 Å². The molecule has 1 aliphatic rings. The van der Waals surface area contributed by atoms with Crippen LogP contribution in [0, 0.1) is 12.7 Å². The molecule has 2 atom stereocenters. The van der Waals surface area contributed by atoms with E-state index in [2.05, 4.69) is 20.0 Å². The number of nitrogens with one attached hydrogen (secondary N) is 2. The molecule has 8 nitrogen and oxygen atoms in total. The number of aryl methyl sites for hydroxylation is 1. The van der Waals surface area contributed by atoms with Crippen LogP contribution in [0.4, 0.5) is 16.0 Å². The molecule has 1 saturated heterocycles. The summed E-state index contributed by atoms with van der Waals surface area (Å²) in [5.41, 5.74) is 1.44. The van der Waals surface area contributed by atoms with Crippen LogP contribution in [0.1, 0.15) is 5.56 Å². The third kappa shape index (κ3) is 4.83. The highest BCUT2D eigenvalue weighted by molar-refractivity contribution is 7.92. The van der Waals surface area contributed by atoms with Crippen LogP contribution in [0.5, 0.6) is 0 Å². The standard InChI is InChI=1S/C21H20ClFN4O4S/c1-12-5-6-13(23)9-14(12)21-15(22)7-8-19(26-21)27-32(29,30)20-4-2-3-18(25-20)24-16-10-31-11-17(16)28/h2-9,16-17,28H,10-11H2,1H3,(H,24,25)(H,26,27)/t16-,17-/m1/s1. The number of hydrogen-bond donors (Lipinski definition) is 3. The molecule has 1 aliphatic heterocycles. The lowest BCUT2D eigenvalue weighted by Gasteiger charge is -2.16. The molecule has 0 amide bonds. The fourth-order valence-corrected chi connectivity index (χ4v) is 4.42. The van der Waals surface area contributed by atoms with E-state index in [0.29, 0.717) is 5.56 Å². The number of hydrogen-bond acceptors (Lipinski definition) is 7. The Morgan fingerprint density at radius 3 is 2.69 bits per heavy atom. The average molecular weight is 479 g/mol. The zero-order valence-electron chi connectivity index (χ0n) is 16.9. The van der Waals surface area contributed by atoms with Crippen molar-refractivity contribution in [3.8, 4) is 11.3 Å². The number of halogens is 2. The molecule has 4 rings (SSSR count). The summed E-state index contributed by atoms with van der Waals surface area (Å²) in [7, 11) is -4.09. The first-order valence-corrected chi connectivity index (χ1v) is 11.5. The van der Waals surface area contributed by atoms with Crippen LogP contribution >= 0.6 is 11.6 Å². The fraction of sp³-hybridized carbons (Fsp3) is 0.238. The van der Waals surface area contributed by atoms with Gasteiger partial charge >= 0.3 is 0 Å². The van der Waals surface area contributed by atoms with Gasteiger partial charge in [0.05, 0.1) is 36.1 Å². The lowest BCUT2D eigenvalue weighted by molar-refractivity contribution is 0.125. The predicted molar refractivity (Wildman–Crippen MR) is 119 cm³/mol. The lowest BCUT2D eigenvalue weighted by Crippen LogP contribution is -2.32. The van der Waals surface area contributed by atoms with Gasteiger partial charge in [0, 0.05) is 5.56 Å². The first-order chi connectivity index (χ1) is 15.2. The number of benzene rings is 1. The maximum Gasteiger partial charge on any atom is 0.280 e. The molecule has 3 heterocycles. The Morgan fingerprint density at radius 1 is 1.12 bits per heavy atom. The Hall–Kier alpha value is -2.79. The second-order valence-electron chi connectivity index (χ2n) is 7.31. The lowest BCUT2D eigenvalue weighted by atomic mass is 10.0. The van der Waals surface area contributed by atoms with Crippen LogP contribution in [0.2, 0.25) is 5.02 Å². The van der Waals surface area contributed by atoms with Gasteiger partial charge in [0.25, 0.3) is 10.0 Å². The SMILES string of the molecule is Cc1ccc(F)cc1-c1nc(NS(=O)(=O)c2cccc(N[C@@H]3COC[C@H]3O)n2)ccc1Cl. The summed E-state index contributed by atoms with van der Waals surface area (Å²) < 4.78 is 47.1. The Labute approximate surface area is 189 Å². The summed E-state index contributed by atoms with van der Waals surface area (Å²) in [6.45, 7) is 2.26. The normalized spacial score (nSPS) is 18.5. The van der Waals surface area contributed by atoms with E-state index in [-0.39, 0.29) is 46.6 Å². The number of nitrogens with zero attached hydrogens (tertiary/aromatic N) is 2. The number of aliphatic hydroxyl groups is 1. The van der Waals surface area contributed by atoms with E-state index in [0.717, 1.165) is 5.56 Å². The second-order valence-corrected chi connectivity index (χ2v) is 9.34. The molecule has 0 unspecified atom stereocenters. The summed E-state index contributed by atoms with van der Waals surface area (Å²) in [5, 5.41) is 12.8. The van der Waals surface area contributed by atoms with Gasteiger partial charge in [-0.1, -0.05) is 23.7 Å². The van der Waals surface area contributed by atoms with Gasteiger partial charge in [-0.15, -0.1) is 0 Å². The number of pyridine rings is 2. The summed E-state index contributed by atoms with van der Waals surface area (Å²) in [5.74, 6) is -0.170. The number of rotatable bonds is 6. The number of sulfonamides is 1. The summed E-state index contributed by atoms with van der Waals surface area (Å²) in [4.78, 5) is 8.42. The van der Waals surface area contributed by atoms with Gasteiger partial charge in [-0.3, -0.25) is 4.72 Å². The zero-order chi connectivity index (χ0) is 22.9. The molecule has 1 aromatic carbocycles. The molecular formula is C21H20ClFN4O4S. The van der Waals surface area contributed by atoms with E-state index in [1.54, 1.807) is 19.1 Å². The molecule has 0 radical (unpaired) electrons. The van der Waals surface area contributed by atoms with E-state index in [4.69, 9.17) is 16.3 Å². The Kier molecular flexibility index (Phi) is 6.29. The Morgan fingerprint density at radius 2 is 1.94 bits per heavy atom. The van der Waals surface area contributed by atoms with E-state index >= 15 is 0 Å². The number of ether oxygens (including phenoxy) is 1. The van der Waals surface area contributed by atoms with Crippen LogP contribution < -0.4 is 10.0 Å². The molecule has 3 aromatic rings. The largest absolute Gasteiger partial charge is 0.388 e. The van der Waals surface area contributed by atoms with Crippen molar-refractivity contribution in [3.05, 3.63) is 64.9 Å². The average Bonchev–Trinajstić information content (AvgIpc) is 3.16. The molecule has 11 heteroatoms. The molecule has 32 heavy (non-hydrogen) atoms. The maximum absolute atomic E-state index is 13.7. The third-order valence-corrected chi connectivity index (χ3v) is 6.48. The molecule has 0 aliphatic carbocycles. The smallest absolute Gasteiger partial charge is 0.280 e. The van der Waals surface area contributed by atoms with Gasteiger partial charge in [-0.2, -0.15) is 8.42 Å². The topological polar surface area (TPSA) is 113 Å². The molecule has 1 fully saturated rings. The first kappa shape index (κ1) is 22.4. The molecule has 0 saturated carbocycles. The minimum absolute atomic E-state index is 0.00726. The van der Waals surface area contributed by atoms with Crippen molar-refractivity contribution in [1.29, 1.82) is 0 Å². The Balaban J connectivity index is 1.60. The zero-order valence-corrected chi connectivity index (χ0v) is 18.5. The van der Waals surface area contributed by atoms with Crippen LogP contribution in [-0.4, -0.2) is 48.9 Å².